The Hall–Kier alpha value is -4.42. The smallest absolute Gasteiger partial charge is 0.0105 e. The maximum atomic E-state index is 2.47. The molecule has 8 rings (SSSR count). The van der Waals surface area contributed by atoms with Crippen LogP contribution in [0.5, 0.6) is 0 Å². The van der Waals surface area contributed by atoms with Gasteiger partial charge in [-0.1, -0.05) is 128 Å². The number of aryl methyl sites for hydroxylation is 1. The van der Waals surface area contributed by atoms with Crippen LogP contribution in [0.1, 0.15) is 53.5 Å². The van der Waals surface area contributed by atoms with Gasteiger partial charge in [-0.15, -0.1) is 0 Å². The third kappa shape index (κ3) is 3.25. The Morgan fingerprint density at radius 2 is 1.10 bits per heavy atom. The van der Waals surface area contributed by atoms with Crippen LogP contribution in [-0.2, 0) is 6.42 Å². The molecule has 0 saturated carbocycles. The van der Waals surface area contributed by atoms with Crippen LogP contribution in [0.4, 0.5) is 0 Å². The molecule has 6 aromatic carbocycles. The molecule has 0 fully saturated rings. The van der Waals surface area contributed by atoms with Crippen molar-refractivity contribution >= 4 is 27.1 Å². The zero-order valence-corrected chi connectivity index (χ0v) is 22.2. The quantitative estimate of drug-likeness (QED) is 0.213. The fourth-order valence-electron chi connectivity index (χ4n) is 7.45. The SMILES string of the molecule is CCC1c2ccccc2-c2cccc(-c3c4ccccc4c(C4=CCCc5ccccc54)c4ccccc34)c21. The van der Waals surface area contributed by atoms with Crippen LogP contribution in [0.25, 0.3) is 49.4 Å². The highest BCUT2D eigenvalue weighted by Gasteiger charge is 2.31. The van der Waals surface area contributed by atoms with Crippen LogP contribution >= 0.6 is 0 Å². The van der Waals surface area contributed by atoms with Crippen LogP contribution in [-0.4, -0.2) is 0 Å². The maximum absolute atomic E-state index is 2.47. The predicted octanol–water partition coefficient (Wildman–Crippen LogP) is 10.6. The summed E-state index contributed by atoms with van der Waals surface area (Å²) in [6.07, 6.45) is 5.76. The number of allylic oxidation sites excluding steroid dienone is 1. The summed E-state index contributed by atoms with van der Waals surface area (Å²) in [6, 6.07) is 43.2. The molecular formula is C39H30. The molecule has 0 saturated heterocycles. The number of benzene rings is 6. The zero-order chi connectivity index (χ0) is 25.9. The molecule has 186 valence electrons. The molecule has 0 N–H and O–H groups in total. The first-order valence-corrected chi connectivity index (χ1v) is 14.3. The maximum Gasteiger partial charge on any atom is 0.0105 e. The van der Waals surface area contributed by atoms with E-state index < -0.39 is 0 Å². The molecule has 0 spiro atoms. The van der Waals surface area contributed by atoms with Gasteiger partial charge >= 0.3 is 0 Å². The lowest BCUT2D eigenvalue weighted by Gasteiger charge is -2.24. The van der Waals surface area contributed by atoms with E-state index in [0.717, 1.165) is 19.3 Å². The van der Waals surface area contributed by atoms with E-state index in [1.807, 2.05) is 0 Å². The van der Waals surface area contributed by atoms with Crippen LogP contribution in [0.15, 0.2) is 121 Å². The Labute approximate surface area is 230 Å². The molecule has 0 heterocycles. The minimum absolute atomic E-state index is 0.414. The van der Waals surface area contributed by atoms with Gasteiger partial charge in [-0.2, -0.15) is 0 Å². The average Bonchev–Trinajstić information content (AvgIpc) is 3.34. The largest absolute Gasteiger partial charge is 0.0757 e. The highest BCUT2D eigenvalue weighted by Crippen LogP contribution is 2.53. The van der Waals surface area contributed by atoms with Crippen molar-refractivity contribution in [2.45, 2.75) is 32.1 Å². The van der Waals surface area contributed by atoms with Gasteiger partial charge in [0, 0.05) is 5.92 Å². The number of hydrogen-bond donors (Lipinski definition) is 0. The Bertz CT molecular complexity index is 1890. The van der Waals surface area contributed by atoms with E-state index in [9.17, 15) is 0 Å². The fraction of sp³-hybridized carbons (Fsp3) is 0.128. The molecule has 0 nitrogen and oxygen atoms in total. The lowest BCUT2D eigenvalue weighted by molar-refractivity contribution is 0.799. The molecule has 39 heavy (non-hydrogen) atoms. The second-order valence-electron chi connectivity index (χ2n) is 11.0. The first-order valence-electron chi connectivity index (χ1n) is 14.3. The van der Waals surface area contributed by atoms with Gasteiger partial charge in [0.05, 0.1) is 0 Å². The van der Waals surface area contributed by atoms with Crippen LogP contribution in [0, 0.1) is 0 Å². The summed E-state index contributed by atoms with van der Waals surface area (Å²) in [6.45, 7) is 2.33. The van der Waals surface area contributed by atoms with Crippen LogP contribution in [0.2, 0.25) is 0 Å². The molecule has 0 aliphatic heterocycles. The van der Waals surface area contributed by atoms with Crippen molar-refractivity contribution in [3.8, 4) is 22.3 Å². The van der Waals surface area contributed by atoms with Gasteiger partial charge in [0.1, 0.15) is 0 Å². The summed E-state index contributed by atoms with van der Waals surface area (Å²) in [4.78, 5) is 0. The second-order valence-corrected chi connectivity index (χ2v) is 11.0. The van der Waals surface area contributed by atoms with Crippen molar-refractivity contribution in [1.29, 1.82) is 0 Å². The minimum Gasteiger partial charge on any atom is -0.0757 e. The normalized spacial score (nSPS) is 15.6. The highest BCUT2D eigenvalue weighted by atomic mass is 14.3. The Morgan fingerprint density at radius 3 is 1.82 bits per heavy atom. The summed E-state index contributed by atoms with van der Waals surface area (Å²) in [5.74, 6) is 0.414. The molecule has 6 aromatic rings. The number of fused-ring (bicyclic) bond motifs is 6. The van der Waals surface area contributed by atoms with Crippen molar-refractivity contribution < 1.29 is 0 Å². The molecular weight excluding hydrogens is 468 g/mol. The third-order valence-corrected chi connectivity index (χ3v) is 9.03. The molecule has 2 aliphatic rings. The van der Waals surface area contributed by atoms with Crippen molar-refractivity contribution in [3.05, 3.63) is 149 Å². The van der Waals surface area contributed by atoms with Crippen LogP contribution < -0.4 is 0 Å². The minimum atomic E-state index is 0.414. The zero-order valence-electron chi connectivity index (χ0n) is 22.2. The van der Waals surface area contributed by atoms with E-state index in [1.54, 1.807) is 0 Å². The Morgan fingerprint density at radius 1 is 0.538 bits per heavy atom. The summed E-state index contributed by atoms with van der Waals surface area (Å²) >= 11 is 0. The van der Waals surface area contributed by atoms with Gasteiger partial charge < -0.3 is 0 Å². The summed E-state index contributed by atoms with van der Waals surface area (Å²) < 4.78 is 0. The average molecular weight is 499 g/mol. The topological polar surface area (TPSA) is 0 Å². The van der Waals surface area contributed by atoms with Crippen molar-refractivity contribution in [3.63, 3.8) is 0 Å². The molecule has 0 heteroatoms. The fourth-order valence-corrected chi connectivity index (χ4v) is 7.45. The monoisotopic (exact) mass is 498 g/mol. The molecule has 0 bridgehead atoms. The van der Waals surface area contributed by atoms with Gasteiger partial charge in [0.15, 0.2) is 0 Å². The molecule has 2 aliphatic carbocycles. The van der Waals surface area contributed by atoms with Gasteiger partial charge in [-0.05, 0) is 96.5 Å². The number of rotatable bonds is 3. The predicted molar refractivity (Wildman–Crippen MR) is 166 cm³/mol. The molecule has 0 aromatic heterocycles. The third-order valence-electron chi connectivity index (χ3n) is 9.03. The Kier molecular flexibility index (Phi) is 5.10. The first kappa shape index (κ1) is 22.6. The molecule has 0 amide bonds. The van der Waals surface area contributed by atoms with E-state index in [1.165, 1.54) is 77.2 Å². The van der Waals surface area contributed by atoms with E-state index in [0.29, 0.717) is 5.92 Å². The highest BCUT2D eigenvalue weighted by molar-refractivity contribution is 6.20. The van der Waals surface area contributed by atoms with Crippen molar-refractivity contribution in [1.82, 2.24) is 0 Å². The lowest BCUT2D eigenvalue weighted by atomic mass is 9.79. The van der Waals surface area contributed by atoms with Crippen LogP contribution in [0.3, 0.4) is 0 Å². The Balaban J connectivity index is 1.49. The van der Waals surface area contributed by atoms with Gasteiger partial charge in [-0.25, -0.2) is 0 Å². The molecule has 0 radical (unpaired) electrons. The first-order chi connectivity index (χ1) is 19.3. The standard InChI is InChI=1S/C39H30/c1-2-26-28-16-5-6-17-29(28)31-23-12-24-36(37(26)31)39-34-20-9-7-18-32(34)38(33-19-8-10-21-35(33)39)30-22-11-14-25-13-3-4-15-27(25)30/h3-10,12-13,15-24,26H,2,11,14H2,1H3. The second kappa shape index (κ2) is 8.82. The van der Waals surface area contributed by atoms with E-state index in [2.05, 4.69) is 128 Å². The van der Waals surface area contributed by atoms with E-state index >= 15 is 0 Å². The summed E-state index contributed by atoms with van der Waals surface area (Å²) in [5.41, 5.74) is 14.1. The summed E-state index contributed by atoms with van der Waals surface area (Å²) in [7, 11) is 0. The van der Waals surface area contributed by atoms with Gasteiger partial charge in [-0.3, -0.25) is 0 Å². The van der Waals surface area contributed by atoms with E-state index in [-0.39, 0.29) is 0 Å². The van der Waals surface area contributed by atoms with Crippen molar-refractivity contribution in [2.75, 3.05) is 0 Å². The molecule has 1 atom stereocenters. The summed E-state index contributed by atoms with van der Waals surface area (Å²) in [5, 5.41) is 5.37. The molecule has 1 unspecified atom stereocenters. The van der Waals surface area contributed by atoms with Gasteiger partial charge in [0.2, 0.25) is 0 Å². The lowest BCUT2D eigenvalue weighted by Crippen LogP contribution is -2.03. The van der Waals surface area contributed by atoms with Crippen molar-refractivity contribution in [2.24, 2.45) is 0 Å². The van der Waals surface area contributed by atoms with E-state index in [4.69, 9.17) is 0 Å². The number of hydrogen-bond acceptors (Lipinski definition) is 0. The van der Waals surface area contributed by atoms with Gasteiger partial charge in [0.25, 0.3) is 0 Å².